The minimum atomic E-state index is -4.77. The van der Waals surface area contributed by atoms with Crippen LogP contribution in [0.4, 0.5) is 18.9 Å². The number of nitrogens with two attached hydrogens (primary N) is 1. The number of nitrogens with one attached hydrogen (secondary N) is 1. The van der Waals surface area contributed by atoms with Crippen molar-refractivity contribution in [3.8, 4) is 5.75 Å². The predicted octanol–water partition coefficient (Wildman–Crippen LogP) is 2.90. The molecular formula is C13H17F3N2O2. The molecule has 4 nitrogen and oxygen atoms in total. The van der Waals surface area contributed by atoms with Crippen molar-refractivity contribution in [2.24, 2.45) is 11.7 Å². The van der Waals surface area contributed by atoms with Crippen molar-refractivity contribution in [3.63, 3.8) is 0 Å². The third-order valence-electron chi connectivity index (χ3n) is 2.89. The quantitative estimate of drug-likeness (QED) is 0.876. The molecule has 0 aliphatic heterocycles. The summed E-state index contributed by atoms with van der Waals surface area (Å²) in [5, 5.41) is 2.47. The highest BCUT2D eigenvalue weighted by atomic mass is 19.4. The lowest BCUT2D eigenvalue weighted by Gasteiger charge is -2.18. The van der Waals surface area contributed by atoms with E-state index in [-0.39, 0.29) is 11.6 Å². The van der Waals surface area contributed by atoms with Crippen LogP contribution in [0.3, 0.4) is 0 Å². The van der Waals surface area contributed by atoms with E-state index < -0.39 is 24.1 Å². The molecule has 0 fully saturated rings. The van der Waals surface area contributed by atoms with Crippen LogP contribution in [0.25, 0.3) is 0 Å². The molecule has 0 aliphatic rings. The number of benzene rings is 1. The smallest absolute Gasteiger partial charge is 0.406 e. The van der Waals surface area contributed by atoms with Crippen molar-refractivity contribution in [1.82, 2.24) is 0 Å². The first kappa shape index (κ1) is 16.3. The van der Waals surface area contributed by atoms with Gasteiger partial charge >= 0.3 is 6.36 Å². The first-order valence-corrected chi connectivity index (χ1v) is 6.15. The van der Waals surface area contributed by atoms with E-state index in [0.29, 0.717) is 0 Å². The molecule has 0 spiro atoms. The number of anilines is 1. The van der Waals surface area contributed by atoms with Crippen LogP contribution in [-0.2, 0) is 4.79 Å². The normalized spacial score (nSPS) is 14.5. The number of rotatable bonds is 5. The Balaban J connectivity index is 2.73. The highest BCUT2D eigenvalue weighted by Gasteiger charge is 2.31. The van der Waals surface area contributed by atoms with Gasteiger partial charge in [0.25, 0.3) is 0 Å². The molecule has 1 aromatic rings. The fourth-order valence-corrected chi connectivity index (χ4v) is 1.51. The van der Waals surface area contributed by atoms with Crippen molar-refractivity contribution >= 4 is 11.6 Å². The summed E-state index contributed by atoms with van der Waals surface area (Å²) in [6.07, 6.45) is -4.04. The van der Waals surface area contributed by atoms with E-state index in [1.807, 2.05) is 13.8 Å². The number of alkyl halides is 3. The Kier molecular flexibility index (Phi) is 5.38. The molecule has 112 valence electrons. The molecule has 0 aromatic heterocycles. The van der Waals surface area contributed by atoms with Gasteiger partial charge in [-0.1, -0.05) is 26.3 Å². The van der Waals surface area contributed by atoms with Gasteiger partial charge in [-0.3, -0.25) is 4.79 Å². The second-order valence-corrected chi connectivity index (χ2v) is 4.48. The van der Waals surface area contributed by atoms with Crippen LogP contribution in [0.15, 0.2) is 24.3 Å². The summed E-state index contributed by atoms with van der Waals surface area (Å²) in [4.78, 5) is 11.8. The first-order valence-electron chi connectivity index (χ1n) is 6.15. The summed E-state index contributed by atoms with van der Waals surface area (Å²) in [7, 11) is 0. The molecule has 1 rings (SSSR count). The maximum atomic E-state index is 12.1. The van der Waals surface area contributed by atoms with Gasteiger partial charge in [0.15, 0.2) is 0 Å². The molecule has 1 amide bonds. The first-order chi connectivity index (χ1) is 9.23. The van der Waals surface area contributed by atoms with Crippen molar-refractivity contribution in [1.29, 1.82) is 0 Å². The van der Waals surface area contributed by atoms with E-state index in [4.69, 9.17) is 5.73 Å². The van der Waals surface area contributed by atoms with Crippen LogP contribution in [0.1, 0.15) is 20.3 Å². The minimum Gasteiger partial charge on any atom is -0.406 e. The summed E-state index contributed by atoms with van der Waals surface area (Å²) >= 11 is 0. The van der Waals surface area contributed by atoms with Crippen molar-refractivity contribution in [3.05, 3.63) is 24.3 Å². The van der Waals surface area contributed by atoms with E-state index in [9.17, 15) is 18.0 Å². The van der Waals surface area contributed by atoms with E-state index in [1.54, 1.807) is 0 Å². The summed E-state index contributed by atoms with van der Waals surface area (Å²) in [6, 6.07) is 4.34. The second kappa shape index (κ2) is 6.60. The molecule has 0 aliphatic carbocycles. The molecule has 0 radical (unpaired) electrons. The van der Waals surface area contributed by atoms with Crippen LogP contribution in [0, 0.1) is 5.92 Å². The second-order valence-electron chi connectivity index (χ2n) is 4.48. The summed E-state index contributed by atoms with van der Waals surface area (Å²) in [5.74, 6) is -0.861. The van der Waals surface area contributed by atoms with Gasteiger partial charge in [0.2, 0.25) is 5.91 Å². The molecule has 0 saturated heterocycles. The molecule has 3 N–H and O–H groups in total. The molecule has 0 bridgehead atoms. The molecule has 1 aromatic carbocycles. The van der Waals surface area contributed by atoms with E-state index >= 15 is 0 Å². The third kappa shape index (κ3) is 5.08. The molecule has 7 heteroatoms. The molecule has 0 saturated carbocycles. The molecule has 20 heavy (non-hydrogen) atoms. The highest BCUT2D eigenvalue weighted by Crippen LogP contribution is 2.25. The SMILES string of the molecule is CC[C@H](C)[C@H](N)C(=O)Nc1cccc(OC(F)(F)F)c1. The number of amides is 1. The zero-order valence-electron chi connectivity index (χ0n) is 11.2. The van der Waals surface area contributed by atoms with Crippen LogP contribution in [0.2, 0.25) is 0 Å². The fourth-order valence-electron chi connectivity index (χ4n) is 1.51. The van der Waals surface area contributed by atoms with Crippen LogP contribution >= 0.6 is 0 Å². The lowest BCUT2D eigenvalue weighted by Crippen LogP contribution is -2.40. The van der Waals surface area contributed by atoms with Crippen LogP contribution in [-0.4, -0.2) is 18.3 Å². The third-order valence-corrected chi connectivity index (χ3v) is 2.89. The predicted molar refractivity (Wildman–Crippen MR) is 69.2 cm³/mol. The zero-order chi connectivity index (χ0) is 15.3. The molecule has 2 atom stereocenters. The molecule has 0 unspecified atom stereocenters. The van der Waals surface area contributed by atoms with Gasteiger partial charge in [-0.05, 0) is 18.1 Å². The van der Waals surface area contributed by atoms with E-state index in [0.717, 1.165) is 18.6 Å². The number of carbonyl (C=O) groups is 1. The van der Waals surface area contributed by atoms with E-state index in [1.165, 1.54) is 12.1 Å². The summed E-state index contributed by atoms with van der Waals surface area (Å²) < 4.78 is 40.0. The van der Waals surface area contributed by atoms with Gasteiger partial charge in [-0.15, -0.1) is 13.2 Å². The Hall–Kier alpha value is -1.76. The number of hydrogen-bond acceptors (Lipinski definition) is 3. The lowest BCUT2D eigenvalue weighted by molar-refractivity contribution is -0.274. The minimum absolute atomic E-state index is 0.0235. The van der Waals surface area contributed by atoms with E-state index in [2.05, 4.69) is 10.1 Å². The average Bonchev–Trinajstić information content (AvgIpc) is 2.35. The standard InChI is InChI=1S/C13H17F3N2O2/c1-3-8(2)11(17)12(19)18-9-5-4-6-10(7-9)20-13(14,15)16/h4-8,11H,3,17H2,1-2H3,(H,18,19)/t8-,11-/m0/s1. The summed E-state index contributed by atoms with van der Waals surface area (Å²) in [5.41, 5.74) is 5.94. The topological polar surface area (TPSA) is 64.4 Å². The highest BCUT2D eigenvalue weighted by molar-refractivity contribution is 5.95. The number of hydrogen-bond donors (Lipinski definition) is 2. The number of ether oxygens (including phenoxy) is 1. The van der Waals surface area contributed by atoms with Gasteiger partial charge < -0.3 is 15.8 Å². The van der Waals surface area contributed by atoms with Crippen LogP contribution in [0.5, 0.6) is 5.75 Å². The Morgan fingerprint density at radius 2 is 2.10 bits per heavy atom. The zero-order valence-corrected chi connectivity index (χ0v) is 11.2. The van der Waals surface area contributed by atoms with Gasteiger partial charge in [-0.25, -0.2) is 0 Å². The monoisotopic (exact) mass is 290 g/mol. The Morgan fingerprint density at radius 3 is 2.65 bits per heavy atom. The molecule has 0 heterocycles. The van der Waals surface area contributed by atoms with Crippen molar-refractivity contribution < 1.29 is 22.7 Å². The van der Waals surface area contributed by atoms with Crippen molar-refractivity contribution in [2.75, 3.05) is 5.32 Å². The largest absolute Gasteiger partial charge is 0.573 e. The van der Waals surface area contributed by atoms with Gasteiger partial charge in [-0.2, -0.15) is 0 Å². The van der Waals surface area contributed by atoms with Gasteiger partial charge in [0.1, 0.15) is 5.75 Å². The van der Waals surface area contributed by atoms with Gasteiger partial charge in [0.05, 0.1) is 6.04 Å². The maximum Gasteiger partial charge on any atom is 0.573 e. The maximum absolute atomic E-state index is 12.1. The number of halogens is 3. The van der Waals surface area contributed by atoms with Gasteiger partial charge in [0, 0.05) is 11.8 Å². The van der Waals surface area contributed by atoms with Crippen LogP contribution < -0.4 is 15.8 Å². The lowest BCUT2D eigenvalue weighted by atomic mass is 9.99. The Labute approximate surface area is 115 Å². The molecular weight excluding hydrogens is 273 g/mol. The average molecular weight is 290 g/mol. The fraction of sp³-hybridized carbons (Fsp3) is 0.462. The Morgan fingerprint density at radius 1 is 1.45 bits per heavy atom. The Bertz CT molecular complexity index is 463. The summed E-state index contributed by atoms with van der Waals surface area (Å²) in [6.45, 7) is 3.73. The number of carbonyl (C=O) groups excluding carboxylic acids is 1. The van der Waals surface area contributed by atoms with Crippen molar-refractivity contribution in [2.45, 2.75) is 32.7 Å².